The highest BCUT2D eigenvalue weighted by Crippen LogP contribution is 2.38. The zero-order valence-electron chi connectivity index (χ0n) is 16.2. The van der Waals surface area contributed by atoms with Crippen molar-refractivity contribution in [3.05, 3.63) is 42.6 Å². The molecule has 1 aliphatic carbocycles. The molecule has 3 heterocycles. The van der Waals surface area contributed by atoms with Gasteiger partial charge in [-0.25, -0.2) is 9.50 Å². The molecule has 0 amide bonds. The molecule has 0 unspecified atom stereocenters. The normalized spacial score (nSPS) is 19.9. The summed E-state index contributed by atoms with van der Waals surface area (Å²) in [4.78, 5) is 5.70. The van der Waals surface area contributed by atoms with Gasteiger partial charge in [-0.2, -0.15) is 0 Å². The van der Waals surface area contributed by atoms with Crippen molar-refractivity contribution in [2.75, 3.05) is 12.4 Å². The summed E-state index contributed by atoms with van der Waals surface area (Å²) in [6.07, 6.45) is 6.92. The van der Waals surface area contributed by atoms with Gasteiger partial charge in [0.1, 0.15) is 17.3 Å². The molecule has 0 spiro atoms. The third kappa shape index (κ3) is 3.11. The van der Waals surface area contributed by atoms with Gasteiger partial charge in [0, 0.05) is 6.04 Å². The van der Waals surface area contributed by atoms with Crippen molar-refractivity contribution in [3.8, 4) is 16.3 Å². The van der Waals surface area contributed by atoms with Crippen molar-refractivity contribution < 1.29 is 4.74 Å². The Morgan fingerprint density at radius 2 is 2.00 bits per heavy atom. The average Bonchev–Trinajstić information content (AvgIpc) is 3.33. The highest BCUT2D eigenvalue weighted by atomic mass is 32.1. The molecule has 0 aliphatic heterocycles. The first-order valence-electron chi connectivity index (χ1n) is 9.89. The van der Waals surface area contributed by atoms with Crippen LogP contribution >= 0.6 is 11.3 Å². The fourth-order valence-corrected chi connectivity index (χ4v) is 5.20. The number of aromatic nitrogens is 3. The molecular formula is C22H24N4OS. The zero-order valence-corrected chi connectivity index (χ0v) is 17.0. The molecule has 144 valence electrons. The molecule has 28 heavy (non-hydrogen) atoms. The summed E-state index contributed by atoms with van der Waals surface area (Å²) in [5.74, 6) is 2.67. The van der Waals surface area contributed by atoms with E-state index in [4.69, 9.17) is 9.84 Å². The molecule has 3 aromatic heterocycles. The van der Waals surface area contributed by atoms with Crippen LogP contribution in [0.15, 0.2) is 42.6 Å². The van der Waals surface area contributed by atoms with Gasteiger partial charge in [0.15, 0.2) is 5.65 Å². The van der Waals surface area contributed by atoms with E-state index in [1.54, 1.807) is 18.4 Å². The number of imidazole rings is 1. The number of hydrogen-bond donors (Lipinski definition) is 1. The Morgan fingerprint density at radius 1 is 1.14 bits per heavy atom. The van der Waals surface area contributed by atoms with E-state index in [0.717, 1.165) is 38.4 Å². The molecular weight excluding hydrogens is 368 g/mol. The highest BCUT2D eigenvalue weighted by Gasteiger charge is 2.19. The Kier molecular flexibility index (Phi) is 4.43. The first-order chi connectivity index (χ1) is 13.7. The number of hydrogen-bond acceptors (Lipinski definition) is 5. The largest absolute Gasteiger partial charge is 0.495 e. The number of nitrogens with one attached hydrogen (secondary N) is 1. The number of benzene rings is 1. The monoisotopic (exact) mass is 392 g/mol. The lowest BCUT2D eigenvalue weighted by Gasteiger charge is -2.27. The fourth-order valence-electron chi connectivity index (χ4n) is 4.06. The number of rotatable bonds is 4. The molecule has 4 aromatic rings. The lowest BCUT2D eigenvalue weighted by Crippen LogP contribution is -2.25. The number of anilines is 1. The topological polar surface area (TPSA) is 51.5 Å². The predicted molar refractivity (Wildman–Crippen MR) is 115 cm³/mol. The van der Waals surface area contributed by atoms with E-state index in [0.29, 0.717) is 6.04 Å². The van der Waals surface area contributed by atoms with Crippen LogP contribution in [0.2, 0.25) is 0 Å². The van der Waals surface area contributed by atoms with Gasteiger partial charge in [0.05, 0.1) is 22.9 Å². The van der Waals surface area contributed by atoms with Gasteiger partial charge in [0.25, 0.3) is 0 Å². The van der Waals surface area contributed by atoms with Crippen molar-refractivity contribution >= 4 is 32.9 Å². The molecule has 0 radical (unpaired) electrons. The smallest absolute Gasteiger partial charge is 0.154 e. The summed E-state index contributed by atoms with van der Waals surface area (Å²) >= 11 is 1.72. The van der Waals surface area contributed by atoms with Crippen LogP contribution in [0, 0.1) is 5.92 Å². The van der Waals surface area contributed by atoms with Crippen LogP contribution < -0.4 is 10.1 Å². The van der Waals surface area contributed by atoms with Gasteiger partial charge >= 0.3 is 0 Å². The summed E-state index contributed by atoms with van der Waals surface area (Å²) in [7, 11) is 1.72. The second-order valence-corrected chi connectivity index (χ2v) is 8.77. The van der Waals surface area contributed by atoms with Gasteiger partial charge in [-0.1, -0.05) is 19.1 Å². The molecule has 1 aliphatic rings. The van der Waals surface area contributed by atoms with Crippen molar-refractivity contribution in [1.29, 1.82) is 0 Å². The summed E-state index contributed by atoms with van der Waals surface area (Å²) in [6, 6.07) is 12.9. The molecule has 5 nitrogen and oxygen atoms in total. The average molecular weight is 393 g/mol. The van der Waals surface area contributed by atoms with Gasteiger partial charge in [-0.05, 0) is 61.3 Å². The molecule has 0 atom stereocenters. The summed E-state index contributed by atoms with van der Waals surface area (Å²) in [5.41, 5.74) is 1.88. The fraction of sp³-hybridized carbons (Fsp3) is 0.364. The Hall–Kier alpha value is -2.60. The van der Waals surface area contributed by atoms with Gasteiger partial charge in [-0.15, -0.1) is 16.4 Å². The lowest BCUT2D eigenvalue weighted by atomic mass is 9.87. The molecule has 5 rings (SSSR count). The number of fused-ring (bicyclic) bond motifs is 2. The molecule has 6 heteroatoms. The van der Waals surface area contributed by atoms with Crippen molar-refractivity contribution in [2.45, 2.75) is 38.6 Å². The first-order valence-corrected chi connectivity index (χ1v) is 10.7. The van der Waals surface area contributed by atoms with Gasteiger partial charge < -0.3 is 10.1 Å². The van der Waals surface area contributed by atoms with E-state index < -0.39 is 0 Å². The van der Waals surface area contributed by atoms with E-state index in [1.807, 2.05) is 35.0 Å². The minimum atomic E-state index is 0.515. The number of thiophene rings is 1. The Bertz CT molecular complexity index is 1120. The van der Waals surface area contributed by atoms with Crippen molar-refractivity contribution in [2.24, 2.45) is 5.92 Å². The summed E-state index contributed by atoms with van der Waals surface area (Å²) in [6.45, 7) is 2.35. The number of ether oxygens (including phenoxy) is 1. The van der Waals surface area contributed by atoms with Crippen LogP contribution in [0.1, 0.15) is 32.6 Å². The minimum Gasteiger partial charge on any atom is -0.495 e. The second kappa shape index (κ2) is 7.09. The molecule has 0 bridgehead atoms. The molecule has 1 saturated carbocycles. The first kappa shape index (κ1) is 17.5. The maximum Gasteiger partial charge on any atom is 0.154 e. The van der Waals surface area contributed by atoms with E-state index in [-0.39, 0.29) is 0 Å². The van der Waals surface area contributed by atoms with E-state index in [9.17, 15) is 0 Å². The van der Waals surface area contributed by atoms with Crippen molar-refractivity contribution in [3.63, 3.8) is 0 Å². The maximum atomic E-state index is 5.52. The predicted octanol–water partition coefficient (Wildman–Crippen LogP) is 5.61. The van der Waals surface area contributed by atoms with Crippen LogP contribution in [0.5, 0.6) is 5.75 Å². The highest BCUT2D eigenvalue weighted by molar-refractivity contribution is 7.22. The third-order valence-electron chi connectivity index (χ3n) is 5.71. The molecule has 1 fully saturated rings. The Morgan fingerprint density at radius 3 is 2.82 bits per heavy atom. The third-order valence-corrected chi connectivity index (χ3v) is 6.90. The Balaban J connectivity index is 1.50. The Labute approximate surface area is 168 Å². The lowest BCUT2D eigenvalue weighted by molar-refractivity contribution is 0.360. The SMILES string of the molecule is COc1cccc2cc(-c3cnc4ccc(NC5CCC(C)CC5)nn34)sc12. The van der Waals surface area contributed by atoms with Crippen LogP contribution in [0.25, 0.3) is 26.3 Å². The van der Waals surface area contributed by atoms with Crippen LogP contribution in [0.3, 0.4) is 0 Å². The standard InChI is InChI=1S/C22H24N4OS/c1-14-6-8-16(9-7-14)24-20-10-11-21-23-13-17(26(21)25-20)19-12-15-4-3-5-18(27-2)22(15)28-19/h3-5,10-14,16H,6-9H2,1-2H3,(H,24,25). The summed E-state index contributed by atoms with van der Waals surface area (Å²) < 4.78 is 8.62. The van der Waals surface area contributed by atoms with Gasteiger partial charge in [0.2, 0.25) is 0 Å². The number of nitrogens with zero attached hydrogens (tertiary/aromatic N) is 3. The van der Waals surface area contributed by atoms with E-state index in [1.165, 1.54) is 31.1 Å². The maximum absolute atomic E-state index is 5.52. The van der Waals surface area contributed by atoms with Crippen LogP contribution in [0.4, 0.5) is 5.82 Å². The second-order valence-electron chi connectivity index (χ2n) is 7.72. The van der Waals surface area contributed by atoms with Gasteiger partial charge in [-0.3, -0.25) is 0 Å². The zero-order chi connectivity index (χ0) is 19.1. The molecule has 0 saturated heterocycles. The quantitative estimate of drug-likeness (QED) is 0.490. The van der Waals surface area contributed by atoms with E-state index >= 15 is 0 Å². The van der Waals surface area contributed by atoms with E-state index in [2.05, 4.69) is 29.4 Å². The number of methoxy groups -OCH3 is 1. The molecule has 1 N–H and O–H groups in total. The van der Waals surface area contributed by atoms with Crippen LogP contribution in [-0.2, 0) is 0 Å². The van der Waals surface area contributed by atoms with Crippen LogP contribution in [-0.4, -0.2) is 27.7 Å². The summed E-state index contributed by atoms with van der Waals surface area (Å²) in [5, 5.41) is 9.67. The minimum absolute atomic E-state index is 0.515. The molecule has 1 aromatic carbocycles. The van der Waals surface area contributed by atoms with Crippen molar-refractivity contribution in [1.82, 2.24) is 14.6 Å².